The maximum atomic E-state index is 13.1. The molecule has 66 valence electrons. The molecule has 0 aromatic heterocycles. The first-order chi connectivity index (χ1) is 5.54. The number of aryl methyl sites for hydroxylation is 1. The molecule has 0 spiro atoms. The minimum absolute atomic E-state index is 0.220. The summed E-state index contributed by atoms with van der Waals surface area (Å²) in [7, 11) is 0. The molecule has 1 aromatic rings. The van der Waals surface area contributed by atoms with Crippen molar-refractivity contribution in [1.82, 2.24) is 0 Å². The normalized spacial score (nSPS) is 13.1. The van der Waals surface area contributed by atoms with Crippen molar-refractivity contribution in [3.05, 3.63) is 34.9 Å². The van der Waals surface area contributed by atoms with Crippen LogP contribution >= 0.6 is 0 Å². The van der Waals surface area contributed by atoms with Gasteiger partial charge in [0, 0.05) is 11.6 Å². The van der Waals surface area contributed by atoms with E-state index in [0.29, 0.717) is 5.56 Å². The predicted octanol–water partition coefficient (Wildman–Crippen LogP) is 2.29. The van der Waals surface area contributed by atoms with Crippen molar-refractivity contribution in [2.24, 2.45) is 5.73 Å². The lowest BCUT2D eigenvalue weighted by Gasteiger charge is -2.08. The minimum atomic E-state index is -0.829. The van der Waals surface area contributed by atoms with E-state index in [1.165, 1.54) is 19.1 Å². The van der Waals surface area contributed by atoms with E-state index in [-0.39, 0.29) is 5.56 Å². The van der Waals surface area contributed by atoms with Crippen LogP contribution in [0.25, 0.3) is 0 Å². The molecule has 2 N–H and O–H groups in total. The van der Waals surface area contributed by atoms with Crippen LogP contribution in [0.1, 0.15) is 24.1 Å². The zero-order valence-electron chi connectivity index (χ0n) is 7.07. The number of benzene rings is 1. The van der Waals surface area contributed by atoms with Gasteiger partial charge in [-0.05, 0) is 19.4 Å². The Morgan fingerprint density at radius 2 is 1.83 bits per heavy atom. The van der Waals surface area contributed by atoms with Crippen LogP contribution < -0.4 is 5.73 Å². The van der Waals surface area contributed by atoms with Gasteiger partial charge in [-0.25, -0.2) is 8.78 Å². The monoisotopic (exact) mass is 171 g/mol. The van der Waals surface area contributed by atoms with Crippen molar-refractivity contribution in [3.63, 3.8) is 0 Å². The Morgan fingerprint density at radius 1 is 1.25 bits per heavy atom. The summed E-state index contributed by atoms with van der Waals surface area (Å²) in [5, 5.41) is 0. The van der Waals surface area contributed by atoms with Gasteiger partial charge in [-0.3, -0.25) is 0 Å². The van der Waals surface area contributed by atoms with Gasteiger partial charge in [0.25, 0.3) is 0 Å². The lowest BCUT2D eigenvalue weighted by atomic mass is 10.1. The van der Waals surface area contributed by atoms with Gasteiger partial charge in [-0.1, -0.05) is 12.1 Å². The number of rotatable bonds is 1. The number of nitrogens with two attached hydrogens (primary N) is 1. The Bertz CT molecular complexity index is 295. The zero-order valence-corrected chi connectivity index (χ0v) is 7.07. The second-order valence-electron chi connectivity index (χ2n) is 2.89. The minimum Gasteiger partial charge on any atom is -0.324 e. The third kappa shape index (κ3) is 1.46. The lowest BCUT2D eigenvalue weighted by molar-refractivity contribution is 0.487. The first-order valence-corrected chi connectivity index (χ1v) is 3.74. The fourth-order valence-electron chi connectivity index (χ4n) is 1.01. The van der Waals surface area contributed by atoms with E-state index in [0.717, 1.165) is 0 Å². The van der Waals surface area contributed by atoms with Crippen LogP contribution in [0.2, 0.25) is 0 Å². The summed E-state index contributed by atoms with van der Waals surface area (Å²) in [4.78, 5) is 0. The van der Waals surface area contributed by atoms with Gasteiger partial charge in [0.1, 0.15) is 0 Å². The van der Waals surface area contributed by atoms with Crippen molar-refractivity contribution in [2.75, 3.05) is 0 Å². The highest BCUT2D eigenvalue weighted by atomic mass is 19.2. The fourth-order valence-corrected chi connectivity index (χ4v) is 1.01. The molecule has 1 nitrogen and oxygen atoms in total. The molecule has 0 saturated heterocycles. The van der Waals surface area contributed by atoms with Gasteiger partial charge in [-0.15, -0.1) is 0 Å². The van der Waals surface area contributed by atoms with E-state index in [4.69, 9.17) is 5.73 Å². The number of hydrogen-bond acceptors (Lipinski definition) is 1. The summed E-state index contributed by atoms with van der Waals surface area (Å²) in [6.07, 6.45) is 0. The van der Waals surface area contributed by atoms with Crippen molar-refractivity contribution in [3.8, 4) is 0 Å². The standard InChI is InChI=1S/C9H11F2N/c1-5-3-4-7(6(2)12)9(11)8(5)10/h3-4,6H,12H2,1-2H3/t6-/m0/s1. The van der Waals surface area contributed by atoms with E-state index in [1.54, 1.807) is 6.92 Å². The third-order valence-corrected chi connectivity index (χ3v) is 1.80. The Morgan fingerprint density at radius 3 is 2.33 bits per heavy atom. The average molecular weight is 171 g/mol. The highest BCUT2D eigenvalue weighted by Crippen LogP contribution is 2.19. The molecule has 0 aliphatic carbocycles. The molecule has 0 amide bonds. The quantitative estimate of drug-likeness (QED) is 0.689. The molecule has 0 unspecified atom stereocenters. The molecular formula is C9H11F2N. The van der Waals surface area contributed by atoms with Gasteiger partial charge in [0.15, 0.2) is 11.6 Å². The first kappa shape index (κ1) is 9.13. The Kier molecular flexibility index (Phi) is 2.43. The van der Waals surface area contributed by atoms with Crippen LogP contribution in [-0.4, -0.2) is 0 Å². The molecule has 0 aliphatic rings. The van der Waals surface area contributed by atoms with Crippen molar-refractivity contribution in [2.45, 2.75) is 19.9 Å². The smallest absolute Gasteiger partial charge is 0.163 e. The second kappa shape index (κ2) is 3.19. The van der Waals surface area contributed by atoms with E-state index < -0.39 is 17.7 Å². The van der Waals surface area contributed by atoms with Crippen LogP contribution in [-0.2, 0) is 0 Å². The molecule has 0 radical (unpaired) electrons. The van der Waals surface area contributed by atoms with E-state index in [9.17, 15) is 8.78 Å². The molecule has 0 saturated carbocycles. The maximum absolute atomic E-state index is 13.1. The first-order valence-electron chi connectivity index (χ1n) is 3.74. The largest absolute Gasteiger partial charge is 0.324 e. The van der Waals surface area contributed by atoms with Crippen LogP contribution in [0, 0.1) is 18.6 Å². The van der Waals surface area contributed by atoms with Crippen LogP contribution in [0.4, 0.5) is 8.78 Å². The SMILES string of the molecule is Cc1ccc([C@H](C)N)c(F)c1F. The molecule has 3 heteroatoms. The zero-order chi connectivity index (χ0) is 9.30. The molecule has 0 heterocycles. The van der Waals surface area contributed by atoms with Crippen molar-refractivity contribution < 1.29 is 8.78 Å². The highest BCUT2D eigenvalue weighted by Gasteiger charge is 2.12. The summed E-state index contributed by atoms with van der Waals surface area (Å²) < 4.78 is 26.0. The highest BCUT2D eigenvalue weighted by molar-refractivity contribution is 5.27. The average Bonchev–Trinajstić information content (AvgIpc) is 2.00. The Balaban J connectivity index is 3.27. The lowest BCUT2D eigenvalue weighted by Crippen LogP contribution is -2.09. The van der Waals surface area contributed by atoms with Gasteiger partial charge < -0.3 is 5.73 Å². The van der Waals surface area contributed by atoms with Crippen LogP contribution in [0.5, 0.6) is 0 Å². The topological polar surface area (TPSA) is 26.0 Å². The summed E-state index contributed by atoms with van der Waals surface area (Å²) in [6, 6.07) is 2.57. The predicted molar refractivity (Wildman–Crippen MR) is 43.7 cm³/mol. The number of halogens is 2. The van der Waals surface area contributed by atoms with Gasteiger partial charge >= 0.3 is 0 Å². The molecule has 1 rings (SSSR count). The summed E-state index contributed by atoms with van der Waals surface area (Å²) in [5.41, 5.74) is 5.95. The molecule has 0 aliphatic heterocycles. The van der Waals surface area contributed by atoms with Gasteiger partial charge in [-0.2, -0.15) is 0 Å². The molecular weight excluding hydrogens is 160 g/mol. The van der Waals surface area contributed by atoms with E-state index in [1.807, 2.05) is 0 Å². The van der Waals surface area contributed by atoms with Gasteiger partial charge in [0.05, 0.1) is 0 Å². The Labute approximate surface area is 70.2 Å². The van der Waals surface area contributed by atoms with Crippen LogP contribution in [0.15, 0.2) is 12.1 Å². The summed E-state index contributed by atoms with van der Waals surface area (Å²) >= 11 is 0. The molecule has 1 atom stereocenters. The Hall–Kier alpha value is -0.960. The van der Waals surface area contributed by atoms with Crippen LogP contribution in [0.3, 0.4) is 0 Å². The summed E-state index contributed by atoms with van der Waals surface area (Å²) in [5.74, 6) is -1.63. The maximum Gasteiger partial charge on any atom is 0.163 e. The van der Waals surface area contributed by atoms with Crippen molar-refractivity contribution >= 4 is 0 Å². The molecule has 0 bridgehead atoms. The van der Waals surface area contributed by atoms with Gasteiger partial charge in [0.2, 0.25) is 0 Å². The number of hydrogen-bond donors (Lipinski definition) is 1. The third-order valence-electron chi connectivity index (χ3n) is 1.80. The molecule has 12 heavy (non-hydrogen) atoms. The van der Waals surface area contributed by atoms with Crippen molar-refractivity contribution in [1.29, 1.82) is 0 Å². The molecule has 0 fully saturated rings. The fraction of sp³-hybridized carbons (Fsp3) is 0.333. The molecule has 1 aromatic carbocycles. The summed E-state index contributed by atoms with van der Waals surface area (Å²) in [6.45, 7) is 3.14. The second-order valence-corrected chi connectivity index (χ2v) is 2.89. The van der Waals surface area contributed by atoms with E-state index in [2.05, 4.69) is 0 Å². The van der Waals surface area contributed by atoms with E-state index >= 15 is 0 Å².